The number of fused-ring (bicyclic) bond motifs is 2. The third-order valence-electron chi connectivity index (χ3n) is 4.74. The molecule has 0 saturated carbocycles. The average molecular weight is 370 g/mol. The van der Waals surface area contributed by atoms with E-state index in [-0.39, 0.29) is 6.61 Å². The van der Waals surface area contributed by atoms with Crippen LogP contribution in [-0.2, 0) is 13.1 Å². The summed E-state index contributed by atoms with van der Waals surface area (Å²) in [5, 5.41) is 14.4. The highest BCUT2D eigenvalue weighted by Crippen LogP contribution is 2.21. The molecule has 0 amide bonds. The molecule has 0 spiro atoms. The Morgan fingerprint density at radius 1 is 1.00 bits per heavy atom. The zero-order valence-corrected chi connectivity index (χ0v) is 15.1. The van der Waals surface area contributed by atoms with E-state index in [1.165, 1.54) is 5.56 Å². The first-order valence-electron chi connectivity index (χ1n) is 9.09. The quantitative estimate of drug-likeness (QED) is 0.514. The number of aromatic nitrogens is 6. The molecule has 0 fully saturated rings. The molecule has 0 aliphatic heterocycles. The number of benzene rings is 1. The molecule has 4 aromatic heterocycles. The van der Waals surface area contributed by atoms with Gasteiger partial charge in [0.2, 0.25) is 0 Å². The summed E-state index contributed by atoms with van der Waals surface area (Å²) in [5.74, 6) is 0. The van der Waals surface area contributed by atoms with Crippen LogP contribution in [0, 0.1) is 0 Å². The lowest BCUT2D eigenvalue weighted by Gasteiger charge is -2.06. The van der Waals surface area contributed by atoms with Gasteiger partial charge in [-0.25, -0.2) is 9.97 Å². The monoisotopic (exact) mass is 370 g/mol. The lowest BCUT2D eigenvalue weighted by atomic mass is 10.1. The van der Waals surface area contributed by atoms with E-state index in [1.807, 2.05) is 36.8 Å². The zero-order chi connectivity index (χ0) is 18.9. The van der Waals surface area contributed by atoms with Crippen molar-refractivity contribution in [1.29, 1.82) is 0 Å². The number of hydrogen-bond donors (Lipinski definition) is 1. The van der Waals surface area contributed by atoms with Crippen molar-refractivity contribution >= 4 is 22.1 Å². The van der Waals surface area contributed by atoms with Gasteiger partial charge in [-0.1, -0.05) is 12.1 Å². The molecule has 4 heterocycles. The minimum Gasteiger partial charge on any atom is -0.394 e. The van der Waals surface area contributed by atoms with Gasteiger partial charge in [-0.2, -0.15) is 5.10 Å². The van der Waals surface area contributed by atoms with Crippen molar-refractivity contribution in [3.8, 4) is 11.3 Å². The summed E-state index contributed by atoms with van der Waals surface area (Å²) in [6.07, 6.45) is 7.28. The summed E-state index contributed by atoms with van der Waals surface area (Å²) in [5.41, 5.74) is 5.60. The minimum atomic E-state index is 0.0572. The molecule has 138 valence electrons. The summed E-state index contributed by atoms with van der Waals surface area (Å²) in [4.78, 5) is 13.7. The average Bonchev–Trinajstić information content (AvgIpc) is 3.35. The molecule has 28 heavy (non-hydrogen) atoms. The van der Waals surface area contributed by atoms with Gasteiger partial charge in [-0.05, 0) is 35.9 Å². The predicted octanol–water partition coefficient (Wildman–Crippen LogP) is 2.88. The van der Waals surface area contributed by atoms with E-state index < -0.39 is 0 Å². The zero-order valence-electron chi connectivity index (χ0n) is 15.1. The van der Waals surface area contributed by atoms with Crippen LogP contribution in [-0.4, -0.2) is 41.0 Å². The molecule has 5 aromatic rings. The van der Waals surface area contributed by atoms with Gasteiger partial charge in [0.15, 0.2) is 5.65 Å². The Morgan fingerprint density at radius 2 is 1.93 bits per heavy atom. The second-order valence-corrected chi connectivity index (χ2v) is 6.66. The summed E-state index contributed by atoms with van der Waals surface area (Å²) < 4.78 is 3.76. The first-order chi connectivity index (χ1) is 13.8. The smallest absolute Gasteiger partial charge is 0.160 e. The van der Waals surface area contributed by atoms with Crippen molar-refractivity contribution in [2.45, 2.75) is 13.1 Å². The van der Waals surface area contributed by atoms with Crippen molar-refractivity contribution < 1.29 is 5.11 Å². The summed E-state index contributed by atoms with van der Waals surface area (Å²) in [6, 6.07) is 14.2. The molecule has 7 heteroatoms. The normalized spacial score (nSPS) is 11.5. The Balaban J connectivity index is 1.50. The van der Waals surface area contributed by atoms with Crippen LogP contribution in [0.3, 0.4) is 0 Å². The van der Waals surface area contributed by atoms with Gasteiger partial charge in [0, 0.05) is 23.3 Å². The number of pyridine rings is 2. The van der Waals surface area contributed by atoms with Crippen LogP contribution >= 0.6 is 0 Å². The van der Waals surface area contributed by atoms with Crippen LogP contribution in [0.5, 0.6) is 0 Å². The molecule has 0 aliphatic rings. The van der Waals surface area contributed by atoms with E-state index in [1.54, 1.807) is 17.1 Å². The van der Waals surface area contributed by atoms with Crippen molar-refractivity contribution in [2.75, 3.05) is 6.61 Å². The molecule has 1 N–H and O–H groups in total. The number of rotatable bonds is 5. The van der Waals surface area contributed by atoms with E-state index in [0.717, 1.165) is 33.3 Å². The molecule has 0 bridgehead atoms. The maximum absolute atomic E-state index is 9.06. The Morgan fingerprint density at radius 3 is 2.86 bits per heavy atom. The van der Waals surface area contributed by atoms with Crippen molar-refractivity contribution in [2.24, 2.45) is 0 Å². The molecular formula is C21H18N6O. The van der Waals surface area contributed by atoms with Crippen LogP contribution in [0.15, 0.2) is 67.4 Å². The number of aliphatic hydroxyl groups excluding tert-OH is 1. The number of imidazole rings is 1. The van der Waals surface area contributed by atoms with Gasteiger partial charge >= 0.3 is 0 Å². The lowest BCUT2D eigenvalue weighted by molar-refractivity contribution is 0.269. The molecular weight excluding hydrogens is 352 g/mol. The first kappa shape index (κ1) is 16.6. The van der Waals surface area contributed by atoms with E-state index in [4.69, 9.17) is 10.1 Å². The lowest BCUT2D eigenvalue weighted by Crippen LogP contribution is -2.01. The van der Waals surface area contributed by atoms with Gasteiger partial charge < -0.3 is 9.67 Å². The van der Waals surface area contributed by atoms with Crippen LogP contribution < -0.4 is 0 Å². The predicted molar refractivity (Wildman–Crippen MR) is 107 cm³/mol. The largest absolute Gasteiger partial charge is 0.394 e. The van der Waals surface area contributed by atoms with Crippen molar-refractivity contribution in [1.82, 2.24) is 29.3 Å². The van der Waals surface area contributed by atoms with Crippen molar-refractivity contribution in [3.05, 3.63) is 72.9 Å². The minimum absolute atomic E-state index is 0.0572. The second-order valence-electron chi connectivity index (χ2n) is 6.66. The third kappa shape index (κ3) is 3.01. The van der Waals surface area contributed by atoms with Gasteiger partial charge in [0.25, 0.3) is 0 Å². The Labute approximate surface area is 160 Å². The topological polar surface area (TPSA) is 81.6 Å². The maximum Gasteiger partial charge on any atom is 0.160 e. The summed E-state index contributed by atoms with van der Waals surface area (Å²) >= 11 is 0. The molecule has 0 aliphatic carbocycles. The van der Waals surface area contributed by atoms with Gasteiger partial charge in [0.1, 0.15) is 5.52 Å². The van der Waals surface area contributed by atoms with Crippen molar-refractivity contribution in [3.63, 3.8) is 0 Å². The van der Waals surface area contributed by atoms with E-state index in [0.29, 0.717) is 13.1 Å². The first-order valence-corrected chi connectivity index (χ1v) is 9.09. The molecule has 5 rings (SSSR count). The van der Waals surface area contributed by atoms with Gasteiger partial charge in [-0.15, -0.1) is 0 Å². The third-order valence-corrected chi connectivity index (χ3v) is 4.74. The van der Waals surface area contributed by atoms with Gasteiger partial charge in [0.05, 0.1) is 43.4 Å². The van der Waals surface area contributed by atoms with E-state index >= 15 is 0 Å². The highest BCUT2D eigenvalue weighted by molar-refractivity contribution is 5.79. The highest BCUT2D eigenvalue weighted by atomic mass is 16.3. The van der Waals surface area contributed by atoms with Crippen LogP contribution in [0.2, 0.25) is 0 Å². The molecule has 0 unspecified atom stereocenters. The second kappa shape index (κ2) is 6.86. The highest BCUT2D eigenvalue weighted by Gasteiger charge is 2.09. The van der Waals surface area contributed by atoms with Crippen LogP contribution in [0.4, 0.5) is 0 Å². The molecule has 0 saturated heterocycles. The summed E-state index contributed by atoms with van der Waals surface area (Å²) in [7, 11) is 0. The van der Waals surface area contributed by atoms with Crippen LogP contribution in [0.1, 0.15) is 5.56 Å². The molecule has 0 atom stereocenters. The maximum atomic E-state index is 9.06. The van der Waals surface area contributed by atoms with Gasteiger partial charge in [-0.3, -0.25) is 9.67 Å². The van der Waals surface area contributed by atoms with Crippen LogP contribution in [0.25, 0.3) is 33.3 Å². The standard InChI is InChI=1S/C21H18N6O/c28-9-8-27-13-17(11-24-27)19-5-6-20-21(25-19)26(14-23-20)12-15-3-4-18-16(10-15)2-1-7-22-18/h1-7,10-11,13-14,28H,8-9,12H2. The fourth-order valence-corrected chi connectivity index (χ4v) is 3.36. The van der Waals surface area contributed by atoms with E-state index in [2.05, 4.69) is 37.8 Å². The molecule has 7 nitrogen and oxygen atoms in total. The molecule has 1 aromatic carbocycles. The SMILES string of the molecule is OCCn1cc(-c2ccc3ncn(Cc4ccc5ncccc5c4)c3n2)cn1. The Hall–Kier alpha value is -3.58. The molecule has 0 radical (unpaired) electrons. The number of aliphatic hydroxyl groups is 1. The number of hydrogen-bond acceptors (Lipinski definition) is 5. The number of nitrogens with zero attached hydrogens (tertiary/aromatic N) is 6. The fraction of sp³-hybridized carbons (Fsp3) is 0.143. The fourth-order valence-electron chi connectivity index (χ4n) is 3.36. The Bertz CT molecular complexity index is 1270. The Kier molecular flexibility index (Phi) is 4.06. The summed E-state index contributed by atoms with van der Waals surface area (Å²) in [6.45, 7) is 1.21. The van der Waals surface area contributed by atoms with E-state index in [9.17, 15) is 0 Å².